The van der Waals surface area contributed by atoms with Crippen LogP contribution in [-0.2, 0) is 4.74 Å². The molecule has 0 spiro atoms. The molecule has 0 aromatic carbocycles. The number of aryl methyl sites for hydroxylation is 1. The number of anilines is 1. The first kappa shape index (κ1) is 13.9. The molecule has 1 aliphatic rings. The Hall–Kier alpha value is -1.49. The van der Waals surface area contributed by atoms with Gasteiger partial charge in [0, 0.05) is 26.2 Å². The number of amides is 1. The Morgan fingerprint density at radius 3 is 2.68 bits per heavy atom. The lowest BCUT2D eigenvalue weighted by Gasteiger charge is -2.35. The fourth-order valence-corrected chi connectivity index (χ4v) is 2.18. The van der Waals surface area contributed by atoms with Crippen LogP contribution in [0.25, 0.3) is 0 Å². The lowest BCUT2D eigenvalue weighted by molar-refractivity contribution is 0.105. The predicted molar refractivity (Wildman–Crippen MR) is 74.8 cm³/mol. The van der Waals surface area contributed by atoms with Crippen molar-refractivity contribution < 1.29 is 9.53 Å². The highest BCUT2D eigenvalue weighted by Gasteiger charge is 2.22. The summed E-state index contributed by atoms with van der Waals surface area (Å²) < 4.78 is 5.00. The number of hydrogen-bond donors (Lipinski definition) is 0. The van der Waals surface area contributed by atoms with E-state index in [9.17, 15) is 4.79 Å². The number of rotatable bonds is 2. The van der Waals surface area contributed by atoms with Crippen LogP contribution in [-0.4, -0.2) is 48.8 Å². The highest BCUT2D eigenvalue weighted by Crippen LogP contribution is 2.21. The van der Waals surface area contributed by atoms with Crippen molar-refractivity contribution in [1.82, 2.24) is 9.88 Å². The molecule has 104 valence electrons. The summed E-state index contributed by atoms with van der Waals surface area (Å²) in [6, 6.07) is 2.02. The summed E-state index contributed by atoms with van der Waals surface area (Å²) in [6.07, 6.45) is 1.54. The standard InChI is InChI=1S/C13H18ClN3O2/c1-3-19-13(18)17-6-4-16(5-7-17)11-8-10(2)12(14)15-9-11/h8-9H,3-7H2,1-2H3. The maximum atomic E-state index is 11.6. The molecule has 0 aliphatic carbocycles. The predicted octanol–water partition coefficient (Wildman–Crippen LogP) is 2.32. The molecular weight excluding hydrogens is 266 g/mol. The van der Waals surface area contributed by atoms with Gasteiger partial charge in [-0.3, -0.25) is 0 Å². The first-order chi connectivity index (χ1) is 9.11. The topological polar surface area (TPSA) is 45.7 Å². The molecule has 0 bridgehead atoms. The van der Waals surface area contributed by atoms with E-state index in [1.165, 1.54) is 0 Å². The van der Waals surface area contributed by atoms with E-state index in [2.05, 4.69) is 9.88 Å². The van der Waals surface area contributed by atoms with Gasteiger partial charge in [-0.05, 0) is 25.5 Å². The van der Waals surface area contributed by atoms with E-state index in [0.29, 0.717) is 24.8 Å². The second-order valence-electron chi connectivity index (χ2n) is 4.47. The van der Waals surface area contributed by atoms with Crippen LogP contribution >= 0.6 is 11.6 Å². The van der Waals surface area contributed by atoms with Crippen LogP contribution in [0.1, 0.15) is 12.5 Å². The van der Waals surface area contributed by atoms with Gasteiger partial charge in [0.25, 0.3) is 0 Å². The molecular formula is C13H18ClN3O2. The van der Waals surface area contributed by atoms with Gasteiger partial charge in [-0.1, -0.05) is 11.6 Å². The zero-order valence-corrected chi connectivity index (χ0v) is 12.0. The van der Waals surface area contributed by atoms with Crippen molar-refractivity contribution in [3.8, 4) is 0 Å². The molecule has 0 saturated carbocycles. The monoisotopic (exact) mass is 283 g/mol. The number of piperazine rings is 1. The first-order valence-corrected chi connectivity index (χ1v) is 6.78. The van der Waals surface area contributed by atoms with Crippen LogP contribution in [0.5, 0.6) is 0 Å². The summed E-state index contributed by atoms with van der Waals surface area (Å²) in [7, 11) is 0. The van der Waals surface area contributed by atoms with Gasteiger partial charge in [-0.15, -0.1) is 0 Å². The first-order valence-electron chi connectivity index (χ1n) is 6.40. The maximum Gasteiger partial charge on any atom is 0.409 e. The Bertz CT molecular complexity index is 459. The smallest absolute Gasteiger partial charge is 0.409 e. The molecule has 19 heavy (non-hydrogen) atoms. The van der Waals surface area contributed by atoms with Gasteiger partial charge in [0.1, 0.15) is 5.15 Å². The average Bonchev–Trinajstić information content (AvgIpc) is 2.42. The third-order valence-electron chi connectivity index (χ3n) is 3.17. The zero-order valence-electron chi connectivity index (χ0n) is 11.2. The fourth-order valence-electron chi connectivity index (χ4n) is 2.08. The third-order valence-corrected chi connectivity index (χ3v) is 3.57. The van der Waals surface area contributed by atoms with Gasteiger partial charge in [-0.2, -0.15) is 0 Å². The summed E-state index contributed by atoms with van der Waals surface area (Å²) >= 11 is 5.92. The van der Waals surface area contributed by atoms with Crippen molar-refractivity contribution in [2.24, 2.45) is 0 Å². The van der Waals surface area contributed by atoms with Crippen LogP contribution < -0.4 is 4.90 Å². The van der Waals surface area contributed by atoms with Crippen LogP contribution in [0.4, 0.5) is 10.5 Å². The Kier molecular flexibility index (Phi) is 4.47. The highest BCUT2D eigenvalue weighted by molar-refractivity contribution is 6.30. The van der Waals surface area contributed by atoms with E-state index in [1.54, 1.807) is 11.1 Å². The summed E-state index contributed by atoms with van der Waals surface area (Å²) in [5, 5.41) is 0.536. The fraction of sp³-hybridized carbons (Fsp3) is 0.538. The second kappa shape index (κ2) is 6.10. The molecule has 1 aromatic heterocycles. The number of ether oxygens (including phenoxy) is 1. The van der Waals surface area contributed by atoms with E-state index in [4.69, 9.17) is 16.3 Å². The second-order valence-corrected chi connectivity index (χ2v) is 4.83. The van der Waals surface area contributed by atoms with E-state index < -0.39 is 0 Å². The molecule has 6 heteroatoms. The number of hydrogen-bond acceptors (Lipinski definition) is 4. The van der Waals surface area contributed by atoms with E-state index in [1.807, 2.05) is 19.9 Å². The molecule has 2 heterocycles. The Balaban J connectivity index is 1.96. The van der Waals surface area contributed by atoms with Crippen LogP contribution in [0, 0.1) is 6.92 Å². The lowest BCUT2D eigenvalue weighted by atomic mass is 10.2. The van der Waals surface area contributed by atoms with Crippen LogP contribution in [0.3, 0.4) is 0 Å². The lowest BCUT2D eigenvalue weighted by Crippen LogP contribution is -2.49. The number of carbonyl (C=O) groups excluding carboxylic acids is 1. The van der Waals surface area contributed by atoms with Gasteiger partial charge in [0.2, 0.25) is 0 Å². The number of halogens is 1. The van der Waals surface area contributed by atoms with E-state index >= 15 is 0 Å². The van der Waals surface area contributed by atoms with Gasteiger partial charge in [0.05, 0.1) is 18.5 Å². The third kappa shape index (κ3) is 3.29. The Morgan fingerprint density at radius 2 is 2.11 bits per heavy atom. The zero-order chi connectivity index (χ0) is 13.8. The number of carbonyl (C=O) groups is 1. The van der Waals surface area contributed by atoms with Crippen LogP contribution in [0.15, 0.2) is 12.3 Å². The molecule has 0 radical (unpaired) electrons. The van der Waals surface area contributed by atoms with Crippen molar-refractivity contribution in [3.05, 3.63) is 23.0 Å². The summed E-state index contributed by atoms with van der Waals surface area (Å²) in [4.78, 5) is 19.7. The Morgan fingerprint density at radius 1 is 1.42 bits per heavy atom. The van der Waals surface area contributed by atoms with Crippen molar-refractivity contribution in [2.45, 2.75) is 13.8 Å². The van der Waals surface area contributed by atoms with Gasteiger partial charge >= 0.3 is 6.09 Å². The minimum absolute atomic E-state index is 0.229. The number of pyridine rings is 1. The summed E-state index contributed by atoms with van der Waals surface area (Å²) in [6.45, 7) is 7.06. The molecule has 0 atom stereocenters. The number of nitrogens with zero attached hydrogens (tertiary/aromatic N) is 3. The molecule has 0 N–H and O–H groups in total. The minimum Gasteiger partial charge on any atom is -0.450 e. The molecule has 2 rings (SSSR count). The Labute approximate surface area is 118 Å². The molecule has 1 saturated heterocycles. The van der Waals surface area contributed by atoms with Crippen molar-refractivity contribution in [3.63, 3.8) is 0 Å². The molecule has 1 aromatic rings. The summed E-state index contributed by atoms with van der Waals surface area (Å²) in [5.41, 5.74) is 2.01. The van der Waals surface area contributed by atoms with Crippen molar-refractivity contribution in [1.29, 1.82) is 0 Å². The quantitative estimate of drug-likeness (QED) is 0.782. The largest absolute Gasteiger partial charge is 0.450 e. The average molecular weight is 284 g/mol. The molecule has 5 nitrogen and oxygen atoms in total. The van der Waals surface area contributed by atoms with Gasteiger partial charge in [0.15, 0.2) is 0 Å². The van der Waals surface area contributed by atoms with Crippen molar-refractivity contribution >= 4 is 23.4 Å². The van der Waals surface area contributed by atoms with E-state index in [0.717, 1.165) is 24.3 Å². The highest BCUT2D eigenvalue weighted by atomic mass is 35.5. The normalized spacial score (nSPS) is 15.5. The molecule has 0 unspecified atom stereocenters. The van der Waals surface area contributed by atoms with Crippen LogP contribution in [0.2, 0.25) is 5.15 Å². The SMILES string of the molecule is CCOC(=O)N1CCN(c2cnc(Cl)c(C)c2)CC1. The molecule has 1 amide bonds. The summed E-state index contributed by atoms with van der Waals surface area (Å²) in [5.74, 6) is 0. The van der Waals surface area contributed by atoms with Gasteiger partial charge < -0.3 is 14.5 Å². The van der Waals surface area contributed by atoms with Crippen molar-refractivity contribution in [2.75, 3.05) is 37.7 Å². The minimum atomic E-state index is -0.229. The van der Waals surface area contributed by atoms with E-state index in [-0.39, 0.29) is 6.09 Å². The maximum absolute atomic E-state index is 11.6. The molecule has 1 aliphatic heterocycles. The number of aromatic nitrogens is 1. The molecule has 1 fully saturated rings. The van der Waals surface area contributed by atoms with Gasteiger partial charge in [-0.25, -0.2) is 9.78 Å².